The zero-order valence-electron chi connectivity index (χ0n) is 14.5. The number of amides is 1. The quantitative estimate of drug-likeness (QED) is 0.856. The number of aromatic nitrogens is 3. The molecule has 0 radical (unpaired) electrons. The lowest BCUT2D eigenvalue weighted by molar-refractivity contribution is -0.119. The van der Waals surface area contributed by atoms with E-state index < -0.39 is 0 Å². The number of hydrogen-bond acceptors (Lipinski definition) is 5. The number of halogens is 1. The molecule has 1 saturated heterocycles. The van der Waals surface area contributed by atoms with E-state index in [4.69, 9.17) is 0 Å². The molecule has 1 unspecified atom stereocenters. The van der Waals surface area contributed by atoms with Crippen molar-refractivity contribution in [1.29, 1.82) is 0 Å². The average molecular weight is 382 g/mol. The standard InChI is InChI=1S/C17H23N5OS.ClH/c1-10-3-4-14-15(5-10)24-17(20-14)21-16(23)13-8-18-7-12(13)11-6-19-22(2)9-11;/h6,9-10,12-13,18H,3-5,7-8H2,1-2H3,(H,20,21,23);1H/t10?,12-,13+;/m1./s1. The van der Waals surface area contributed by atoms with E-state index in [0.717, 1.165) is 36.0 Å². The molecule has 2 aliphatic rings. The van der Waals surface area contributed by atoms with E-state index >= 15 is 0 Å². The highest BCUT2D eigenvalue weighted by Gasteiger charge is 2.35. The smallest absolute Gasteiger partial charge is 0.231 e. The Balaban J connectivity index is 0.00000182. The van der Waals surface area contributed by atoms with Gasteiger partial charge in [0, 0.05) is 37.1 Å². The van der Waals surface area contributed by atoms with Crippen LogP contribution in [-0.4, -0.2) is 33.8 Å². The summed E-state index contributed by atoms with van der Waals surface area (Å²) in [7, 11) is 1.90. The molecular weight excluding hydrogens is 358 g/mol. The van der Waals surface area contributed by atoms with Crippen molar-refractivity contribution in [1.82, 2.24) is 20.1 Å². The zero-order valence-corrected chi connectivity index (χ0v) is 16.1. The maximum Gasteiger partial charge on any atom is 0.231 e. The molecule has 136 valence electrons. The third kappa shape index (κ3) is 3.73. The molecular formula is C17H24ClN5OS. The van der Waals surface area contributed by atoms with Crippen LogP contribution in [0, 0.1) is 11.8 Å². The van der Waals surface area contributed by atoms with Gasteiger partial charge >= 0.3 is 0 Å². The van der Waals surface area contributed by atoms with E-state index in [1.54, 1.807) is 16.0 Å². The van der Waals surface area contributed by atoms with E-state index in [2.05, 4.69) is 27.6 Å². The molecule has 0 aromatic carbocycles. The number of carbonyl (C=O) groups excluding carboxylic acids is 1. The van der Waals surface area contributed by atoms with E-state index in [9.17, 15) is 4.79 Å². The first kappa shape index (κ1) is 18.4. The summed E-state index contributed by atoms with van der Waals surface area (Å²) in [6.45, 7) is 3.80. The second-order valence-electron chi connectivity index (χ2n) is 7.04. The average Bonchev–Trinajstić information content (AvgIpc) is 3.24. The molecule has 2 N–H and O–H groups in total. The van der Waals surface area contributed by atoms with Crippen molar-refractivity contribution in [3.8, 4) is 0 Å². The summed E-state index contributed by atoms with van der Waals surface area (Å²) in [5.41, 5.74) is 2.30. The number of fused-ring (bicyclic) bond motifs is 1. The molecule has 3 atom stereocenters. The van der Waals surface area contributed by atoms with E-state index in [1.807, 2.05) is 19.4 Å². The van der Waals surface area contributed by atoms with Gasteiger partial charge in [-0.2, -0.15) is 5.10 Å². The van der Waals surface area contributed by atoms with Crippen LogP contribution < -0.4 is 10.6 Å². The summed E-state index contributed by atoms with van der Waals surface area (Å²) in [6, 6.07) is 0. The lowest BCUT2D eigenvalue weighted by Gasteiger charge is -2.15. The Hall–Kier alpha value is -1.44. The van der Waals surface area contributed by atoms with Crippen molar-refractivity contribution in [2.45, 2.75) is 32.1 Å². The fraction of sp³-hybridized carbons (Fsp3) is 0.588. The van der Waals surface area contributed by atoms with Gasteiger partial charge in [0.1, 0.15) is 0 Å². The Morgan fingerprint density at radius 1 is 1.44 bits per heavy atom. The molecule has 4 rings (SSSR count). The molecule has 8 heteroatoms. The summed E-state index contributed by atoms with van der Waals surface area (Å²) >= 11 is 1.65. The van der Waals surface area contributed by atoms with Gasteiger partial charge < -0.3 is 10.6 Å². The highest BCUT2D eigenvalue weighted by atomic mass is 35.5. The molecule has 2 aromatic heterocycles. The minimum Gasteiger partial charge on any atom is -0.315 e. The highest BCUT2D eigenvalue weighted by molar-refractivity contribution is 7.15. The molecule has 1 aliphatic heterocycles. The molecule has 25 heavy (non-hydrogen) atoms. The van der Waals surface area contributed by atoms with Gasteiger partial charge in [0.25, 0.3) is 0 Å². The van der Waals surface area contributed by atoms with Gasteiger partial charge in [0.05, 0.1) is 17.8 Å². The summed E-state index contributed by atoms with van der Waals surface area (Å²) < 4.78 is 1.79. The normalized spacial score (nSPS) is 25.3. The van der Waals surface area contributed by atoms with Crippen LogP contribution in [0.4, 0.5) is 5.13 Å². The van der Waals surface area contributed by atoms with Crippen LogP contribution in [0.5, 0.6) is 0 Å². The molecule has 6 nitrogen and oxygen atoms in total. The predicted octanol–water partition coefficient (Wildman–Crippen LogP) is 2.36. The summed E-state index contributed by atoms with van der Waals surface area (Å²) in [6.07, 6.45) is 7.18. The molecule has 0 saturated carbocycles. The first-order valence-electron chi connectivity index (χ1n) is 8.59. The molecule has 3 heterocycles. The van der Waals surface area contributed by atoms with Gasteiger partial charge in [0.2, 0.25) is 5.91 Å². The second-order valence-corrected chi connectivity index (χ2v) is 8.13. The van der Waals surface area contributed by atoms with E-state index in [1.165, 1.54) is 17.0 Å². The second kappa shape index (κ2) is 7.43. The number of hydrogen-bond donors (Lipinski definition) is 2. The fourth-order valence-electron chi connectivity index (χ4n) is 3.73. The van der Waals surface area contributed by atoms with Crippen molar-refractivity contribution < 1.29 is 4.79 Å². The van der Waals surface area contributed by atoms with Crippen molar-refractivity contribution >= 4 is 34.8 Å². The molecule has 0 bridgehead atoms. The van der Waals surface area contributed by atoms with Crippen LogP contribution in [0.15, 0.2) is 12.4 Å². The monoisotopic (exact) mass is 381 g/mol. The van der Waals surface area contributed by atoms with Crippen molar-refractivity contribution in [2.75, 3.05) is 18.4 Å². The molecule has 1 fully saturated rings. The largest absolute Gasteiger partial charge is 0.315 e. The van der Waals surface area contributed by atoms with Gasteiger partial charge in [0.15, 0.2) is 5.13 Å². The minimum atomic E-state index is -0.0750. The summed E-state index contributed by atoms with van der Waals surface area (Å²) in [4.78, 5) is 18.8. The Labute approximate surface area is 157 Å². The fourth-order valence-corrected chi connectivity index (χ4v) is 4.90. The Morgan fingerprint density at radius 2 is 2.28 bits per heavy atom. The Morgan fingerprint density at radius 3 is 3.04 bits per heavy atom. The van der Waals surface area contributed by atoms with Gasteiger partial charge in [-0.05, 0) is 30.7 Å². The minimum absolute atomic E-state index is 0. The van der Waals surface area contributed by atoms with Crippen molar-refractivity contribution in [3.05, 3.63) is 28.5 Å². The number of nitrogens with zero attached hydrogens (tertiary/aromatic N) is 3. The third-order valence-corrected chi connectivity index (χ3v) is 6.16. The van der Waals surface area contributed by atoms with Crippen LogP contribution in [0.3, 0.4) is 0 Å². The van der Waals surface area contributed by atoms with Crippen LogP contribution in [0.1, 0.15) is 35.4 Å². The van der Waals surface area contributed by atoms with Gasteiger partial charge in [-0.1, -0.05) is 6.92 Å². The number of anilines is 1. The van der Waals surface area contributed by atoms with Crippen molar-refractivity contribution in [2.24, 2.45) is 18.9 Å². The maximum atomic E-state index is 12.8. The number of rotatable bonds is 3. The summed E-state index contributed by atoms with van der Waals surface area (Å²) in [5, 5.41) is 11.4. The maximum absolute atomic E-state index is 12.8. The molecule has 1 amide bonds. The SMILES string of the molecule is CC1CCc2nc(NC(=O)[C@H]3CNC[C@@H]3c3cnn(C)c3)sc2C1.Cl. The zero-order chi connectivity index (χ0) is 16.7. The summed E-state index contributed by atoms with van der Waals surface area (Å²) in [5.74, 6) is 0.880. The lowest BCUT2D eigenvalue weighted by atomic mass is 9.90. The lowest BCUT2D eigenvalue weighted by Crippen LogP contribution is -2.28. The van der Waals surface area contributed by atoms with Crippen LogP contribution in [0.25, 0.3) is 0 Å². The van der Waals surface area contributed by atoms with Crippen molar-refractivity contribution in [3.63, 3.8) is 0 Å². The topological polar surface area (TPSA) is 71.8 Å². The van der Waals surface area contributed by atoms with Crippen LogP contribution in [-0.2, 0) is 24.7 Å². The Kier molecular flexibility index (Phi) is 5.46. The van der Waals surface area contributed by atoms with Gasteiger partial charge in [-0.15, -0.1) is 23.7 Å². The first-order chi connectivity index (χ1) is 11.6. The molecule has 1 aliphatic carbocycles. The number of carbonyl (C=O) groups is 1. The number of thiazole rings is 1. The number of nitrogens with one attached hydrogen (secondary N) is 2. The highest BCUT2D eigenvalue weighted by Crippen LogP contribution is 2.33. The van der Waals surface area contributed by atoms with Gasteiger partial charge in [-0.25, -0.2) is 4.98 Å². The first-order valence-corrected chi connectivity index (χ1v) is 9.40. The molecule has 2 aromatic rings. The van der Waals surface area contributed by atoms with Crippen LogP contribution >= 0.6 is 23.7 Å². The van der Waals surface area contributed by atoms with E-state index in [0.29, 0.717) is 6.54 Å². The predicted molar refractivity (Wildman–Crippen MR) is 101 cm³/mol. The van der Waals surface area contributed by atoms with Gasteiger partial charge in [-0.3, -0.25) is 9.48 Å². The number of aryl methyl sites for hydroxylation is 2. The Bertz CT molecular complexity index is 758. The molecule has 0 spiro atoms. The third-order valence-electron chi connectivity index (χ3n) is 5.12. The van der Waals surface area contributed by atoms with E-state index in [-0.39, 0.29) is 30.2 Å². The van der Waals surface area contributed by atoms with Crippen LogP contribution in [0.2, 0.25) is 0 Å².